The van der Waals surface area contributed by atoms with E-state index < -0.39 is 5.41 Å². The highest BCUT2D eigenvalue weighted by Gasteiger charge is 2.38. The summed E-state index contributed by atoms with van der Waals surface area (Å²) < 4.78 is 11.2. The normalized spacial score (nSPS) is 15.5. The van der Waals surface area contributed by atoms with Crippen LogP contribution in [0.5, 0.6) is 5.75 Å². The van der Waals surface area contributed by atoms with Crippen molar-refractivity contribution in [2.75, 3.05) is 47.0 Å². The third kappa shape index (κ3) is 6.93. The van der Waals surface area contributed by atoms with Gasteiger partial charge in [-0.05, 0) is 33.0 Å². The van der Waals surface area contributed by atoms with Crippen molar-refractivity contribution in [2.24, 2.45) is 11.1 Å². The second-order valence-electron chi connectivity index (χ2n) is 6.54. The van der Waals surface area contributed by atoms with Gasteiger partial charge in [0.25, 0.3) is 0 Å². The zero-order chi connectivity index (χ0) is 17.4. The molecule has 0 saturated carbocycles. The lowest BCUT2D eigenvalue weighted by atomic mass is 9.79. The monoisotopic (exact) mass is 407 g/mol. The molecule has 1 aliphatic heterocycles. The number of likely N-dealkylation sites (N-methyl/N-ethyl adjacent to an activating group) is 1. The summed E-state index contributed by atoms with van der Waals surface area (Å²) in [6.07, 6.45) is 1.35. The maximum atomic E-state index is 12.6. The molecule has 8 heteroatoms. The summed E-state index contributed by atoms with van der Waals surface area (Å²) in [6, 6.07) is 7.80. The number of carbonyl (C=O) groups excluding carboxylic acids is 1. The third-order valence-corrected chi connectivity index (χ3v) is 4.53. The molecule has 0 bridgehead atoms. The van der Waals surface area contributed by atoms with E-state index in [9.17, 15) is 4.79 Å². The first kappa shape index (κ1) is 24.9. The summed E-state index contributed by atoms with van der Waals surface area (Å²) in [7, 11) is 4.02. The molecule has 2 rings (SSSR count). The number of benzene rings is 1. The van der Waals surface area contributed by atoms with Crippen molar-refractivity contribution in [3.63, 3.8) is 0 Å². The first-order valence-electron chi connectivity index (χ1n) is 8.49. The van der Waals surface area contributed by atoms with Gasteiger partial charge < -0.3 is 25.4 Å². The predicted octanol–water partition coefficient (Wildman–Crippen LogP) is 1.84. The highest BCUT2D eigenvalue weighted by atomic mass is 35.5. The fraction of sp³-hybridized carbons (Fsp3) is 0.611. The molecule has 0 aliphatic carbocycles. The van der Waals surface area contributed by atoms with Gasteiger partial charge in [0.05, 0.1) is 5.41 Å². The summed E-state index contributed by atoms with van der Waals surface area (Å²) in [6.45, 7) is 3.44. The number of rotatable bonds is 8. The lowest BCUT2D eigenvalue weighted by Gasteiger charge is -2.34. The molecule has 1 amide bonds. The standard InChI is InChI=1S/C18H29N3O3.2ClH/c1-21(2)9-12-24-16-6-4-3-5-15(16)13-20-17(22)18(14-19)7-10-23-11-8-18;;/h3-6H,7-14,19H2,1-2H3,(H,20,22);2*1H. The van der Waals surface area contributed by atoms with E-state index in [2.05, 4.69) is 10.2 Å². The summed E-state index contributed by atoms with van der Waals surface area (Å²) in [5.41, 5.74) is 6.36. The van der Waals surface area contributed by atoms with Gasteiger partial charge in [0.15, 0.2) is 0 Å². The molecular formula is C18H31Cl2N3O3. The zero-order valence-electron chi connectivity index (χ0n) is 15.5. The Morgan fingerprint density at radius 3 is 2.54 bits per heavy atom. The van der Waals surface area contributed by atoms with Crippen LogP contribution in [0, 0.1) is 5.41 Å². The van der Waals surface area contributed by atoms with Crippen molar-refractivity contribution in [1.29, 1.82) is 0 Å². The van der Waals surface area contributed by atoms with Crippen LogP contribution in [0.2, 0.25) is 0 Å². The average Bonchev–Trinajstić information content (AvgIpc) is 2.61. The van der Waals surface area contributed by atoms with Crippen LogP contribution in [0.15, 0.2) is 24.3 Å². The number of ether oxygens (including phenoxy) is 2. The molecule has 0 spiro atoms. The summed E-state index contributed by atoms with van der Waals surface area (Å²) >= 11 is 0. The largest absolute Gasteiger partial charge is 0.492 e. The molecule has 150 valence electrons. The minimum Gasteiger partial charge on any atom is -0.492 e. The van der Waals surface area contributed by atoms with Crippen LogP contribution in [0.4, 0.5) is 0 Å². The van der Waals surface area contributed by atoms with Gasteiger partial charge in [0.2, 0.25) is 5.91 Å². The molecule has 1 aromatic rings. The number of nitrogens with two attached hydrogens (primary N) is 1. The van der Waals surface area contributed by atoms with Gasteiger partial charge in [0.1, 0.15) is 12.4 Å². The van der Waals surface area contributed by atoms with Crippen LogP contribution < -0.4 is 15.8 Å². The maximum absolute atomic E-state index is 12.6. The number of carbonyl (C=O) groups is 1. The van der Waals surface area contributed by atoms with Gasteiger partial charge in [-0.25, -0.2) is 0 Å². The van der Waals surface area contributed by atoms with Gasteiger partial charge in [0, 0.05) is 38.4 Å². The number of halogens is 2. The SMILES string of the molecule is CN(C)CCOc1ccccc1CNC(=O)C1(CN)CCOCC1.Cl.Cl. The highest BCUT2D eigenvalue weighted by molar-refractivity contribution is 5.85. The van der Waals surface area contributed by atoms with E-state index in [4.69, 9.17) is 15.2 Å². The number of hydrogen-bond donors (Lipinski definition) is 2. The fourth-order valence-electron chi connectivity index (χ4n) is 2.78. The van der Waals surface area contributed by atoms with Crippen LogP contribution in [0.1, 0.15) is 18.4 Å². The lowest BCUT2D eigenvalue weighted by Crippen LogP contribution is -2.49. The van der Waals surface area contributed by atoms with Crippen LogP contribution in [-0.2, 0) is 16.1 Å². The molecule has 26 heavy (non-hydrogen) atoms. The van der Waals surface area contributed by atoms with E-state index in [0.29, 0.717) is 45.8 Å². The van der Waals surface area contributed by atoms with Gasteiger partial charge in [-0.15, -0.1) is 24.8 Å². The Morgan fingerprint density at radius 1 is 1.27 bits per heavy atom. The van der Waals surface area contributed by atoms with Crippen LogP contribution in [0.3, 0.4) is 0 Å². The molecule has 0 radical (unpaired) electrons. The van der Waals surface area contributed by atoms with E-state index >= 15 is 0 Å². The number of para-hydroxylation sites is 1. The Bertz CT molecular complexity index is 538. The number of nitrogens with one attached hydrogen (secondary N) is 1. The number of nitrogens with zero attached hydrogens (tertiary/aromatic N) is 1. The second kappa shape index (κ2) is 12.4. The van der Waals surface area contributed by atoms with Crippen LogP contribution in [0.25, 0.3) is 0 Å². The summed E-state index contributed by atoms with van der Waals surface area (Å²) in [5.74, 6) is 0.824. The van der Waals surface area contributed by atoms with E-state index in [1.807, 2.05) is 38.4 Å². The topological polar surface area (TPSA) is 76.8 Å². The first-order chi connectivity index (χ1) is 11.6. The molecule has 3 N–H and O–H groups in total. The van der Waals surface area contributed by atoms with E-state index in [0.717, 1.165) is 17.9 Å². The van der Waals surface area contributed by atoms with Gasteiger partial charge in [-0.1, -0.05) is 18.2 Å². The zero-order valence-corrected chi connectivity index (χ0v) is 17.2. The minimum absolute atomic E-state index is 0. The Hall–Kier alpha value is -1.05. The quantitative estimate of drug-likeness (QED) is 0.687. The van der Waals surface area contributed by atoms with E-state index in [1.54, 1.807) is 0 Å². The Labute approximate surface area is 168 Å². The first-order valence-corrected chi connectivity index (χ1v) is 8.49. The Morgan fingerprint density at radius 2 is 1.92 bits per heavy atom. The van der Waals surface area contributed by atoms with E-state index in [-0.39, 0.29) is 30.7 Å². The maximum Gasteiger partial charge on any atom is 0.227 e. The molecule has 1 saturated heterocycles. The molecule has 0 aromatic heterocycles. The predicted molar refractivity (Wildman–Crippen MR) is 108 cm³/mol. The molecule has 1 aliphatic rings. The molecule has 1 heterocycles. The molecule has 6 nitrogen and oxygen atoms in total. The Kier molecular flexibility index (Phi) is 11.9. The molecule has 1 fully saturated rings. The van der Waals surface area contributed by atoms with Crippen molar-refractivity contribution in [3.8, 4) is 5.75 Å². The highest BCUT2D eigenvalue weighted by Crippen LogP contribution is 2.29. The van der Waals surface area contributed by atoms with E-state index in [1.165, 1.54) is 0 Å². The Balaban J connectivity index is 0.00000312. The van der Waals surface area contributed by atoms with Crippen molar-refractivity contribution < 1.29 is 14.3 Å². The molecular weight excluding hydrogens is 377 g/mol. The minimum atomic E-state index is -0.501. The van der Waals surface area contributed by atoms with Crippen molar-refractivity contribution >= 4 is 30.7 Å². The molecule has 1 aromatic carbocycles. The fourth-order valence-corrected chi connectivity index (χ4v) is 2.78. The van der Waals surface area contributed by atoms with Gasteiger partial charge >= 0.3 is 0 Å². The van der Waals surface area contributed by atoms with Crippen molar-refractivity contribution in [1.82, 2.24) is 10.2 Å². The van der Waals surface area contributed by atoms with Gasteiger partial charge in [-0.2, -0.15) is 0 Å². The smallest absolute Gasteiger partial charge is 0.227 e. The van der Waals surface area contributed by atoms with Crippen LogP contribution in [-0.4, -0.2) is 57.8 Å². The molecule has 0 atom stereocenters. The summed E-state index contributed by atoms with van der Waals surface area (Å²) in [4.78, 5) is 14.7. The second-order valence-corrected chi connectivity index (χ2v) is 6.54. The summed E-state index contributed by atoms with van der Waals surface area (Å²) in [5, 5.41) is 3.04. The average molecular weight is 408 g/mol. The number of hydrogen-bond acceptors (Lipinski definition) is 5. The lowest BCUT2D eigenvalue weighted by molar-refractivity contribution is -0.136. The number of amides is 1. The molecule has 0 unspecified atom stereocenters. The van der Waals surface area contributed by atoms with Crippen molar-refractivity contribution in [3.05, 3.63) is 29.8 Å². The van der Waals surface area contributed by atoms with Crippen molar-refractivity contribution in [2.45, 2.75) is 19.4 Å². The van der Waals surface area contributed by atoms with Gasteiger partial charge in [-0.3, -0.25) is 4.79 Å². The van der Waals surface area contributed by atoms with Crippen LogP contribution >= 0.6 is 24.8 Å². The third-order valence-electron chi connectivity index (χ3n) is 4.53.